The molecule has 0 unspecified atom stereocenters. The molecule has 3 aromatic rings. The van der Waals surface area contributed by atoms with Crippen molar-refractivity contribution in [2.45, 2.75) is 19.3 Å². The molecule has 0 saturated carbocycles. The summed E-state index contributed by atoms with van der Waals surface area (Å²) in [6.45, 7) is 2.30. The van der Waals surface area contributed by atoms with E-state index in [0.717, 1.165) is 30.3 Å². The van der Waals surface area contributed by atoms with E-state index in [1.54, 1.807) is 24.4 Å². The number of likely N-dealkylation sites (tertiary alicyclic amines) is 1. The molecule has 1 aliphatic heterocycles. The Bertz CT molecular complexity index is 1210. The molecule has 1 aliphatic rings. The van der Waals surface area contributed by atoms with Crippen molar-refractivity contribution < 1.29 is 18.8 Å². The average Bonchev–Trinajstić information content (AvgIpc) is 3.28. The Kier molecular flexibility index (Phi) is 7.60. The smallest absolute Gasteiger partial charge is 0.292 e. The number of nitrogens with one attached hydrogen (secondary N) is 2. The maximum Gasteiger partial charge on any atom is 0.292 e. The molecule has 1 fully saturated rings. The lowest BCUT2D eigenvalue weighted by Gasteiger charge is -2.32. The van der Waals surface area contributed by atoms with Gasteiger partial charge in [-0.05, 0) is 75.2 Å². The van der Waals surface area contributed by atoms with Crippen molar-refractivity contribution in [1.82, 2.24) is 20.1 Å². The van der Waals surface area contributed by atoms with Crippen molar-refractivity contribution in [1.29, 1.82) is 0 Å². The first-order valence-electron chi connectivity index (χ1n) is 11.9. The van der Waals surface area contributed by atoms with E-state index in [0.29, 0.717) is 43.0 Å². The lowest BCUT2D eigenvalue weighted by Crippen LogP contribution is -2.38. The highest BCUT2D eigenvalue weighted by atomic mass is 19.1. The van der Waals surface area contributed by atoms with Gasteiger partial charge in [0.2, 0.25) is 5.78 Å². The van der Waals surface area contributed by atoms with Crippen molar-refractivity contribution in [3.63, 3.8) is 0 Å². The second kappa shape index (κ2) is 10.8. The van der Waals surface area contributed by atoms with Gasteiger partial charge in [0.25, 0.3) is 11.8 Å². The molecule has 8 heteroatoms. The molecule has 0 bridgehead atoms. The van der Waals surface area contributed by atoms with Crippen LogP contribution in [-0.2, 0) is 11.2 Å². The third-order valence-electron chi connectivity index (χ3n) is 6.56. The maximum atomic E-state index is 13.3. The van der Waals surface area contributed by atoms with Gasteiger partial charge in [0.05, 0.1) is 5.56 Å². The lowest BCUT2D eigenvalue weighted by atomic mass is 9.90. The number of piperidine rings is 1. The number of aromatic nitrogens is 1. The second-order valence-electron chi connectivity index (χ2n) is 9.42. The molecule has 7 nitrogen and oxygen atoms in total. The van der Waals surface area contributed by atoms with Crippen LogP contribution in [0.3, 0.4) is 0 Å². The number of Topliss-reactive ketones (excluding diaryl/α,β-unsaturated/α-hetero) is 1. The number of amides is 2. The maximum absolute atomic E-state index is 13.3. The van der Waals surface area contributed by atoms with Crippen molar-refractivity contribution in [3.05, 3.63) is 71.2 Å². The van der Waals surface area contributed by atoms with Gasteiger partial charge in [-0.3, -0.25) is 14.4 Å². The fourth-order valence-electron chi connectivity index (χ4n) is 4.51. The summed E-state index contributed by atoms with van der Waals surface area (Å²) in [6, 6.07) is 11.5. The van der Waals surface area contributed by atoms with Gasteiger partial charge >= 0.3 is 0 Å². The van der Waals surface area contributed by atoms with Gasteiger partial charge in [0.15, 0.2) is 0 Å². The summed E-state index contributed by atoms with van der Waals surface area (Å²) in [6.07, 6.45) is 4.30. The zero-order chi connectivity index (χ0) is 24.9. The van der Waals surface area contributed by atoms with E-state index in [-0.39, 0.29) is 17.3 Å². The minimum atomic E-state index is -0.655. The van der Waals surface area contributed by atoms with E-state index in [1.165, 1.54) is 12.1 Å². The molecule has 1 saturated heterocycles. The minimum Gasteiger partial charge on any atom is -0.360 e. The Morgan fingerprint density at radius 3 is 2.49 bits per heavy atom. The molecule has 35 heavy (non-hydrogen) atoms. The molecular formula is C27H31FN4O3. The van der Waals surface area contributed by atoms with Crippen LogP contribution in [0.25, 0.3) is 10.9 Å². The molecule has 0 spiro atoms. The van der Waals surface area contributed by atoms with Gasteiger partial charge in [-0.1, -0.05) is 12.1 Å². The number of aromatic amines is 1. The van der Waals surface area contributed by atoms with Crippen LogP contribution in [0.2, 0.25) is 0 Å². The Hall–Kier alpha value is -3.52. The first-order chi connectivity index (χ1) is 16.8. The molecule has 2 N–H and O–H groups in total. The third kappa shape index (κ3) is 5.95. The van der Waals surface area contributed by atoms with Gasteiger partial charge in [-0.2, -0.15) is 0 Å². The number of benzene rings is 2. The monoisotopic (exact) mass is 478 g/mol. The van der Waals surface area contributed by atoms with E-state index in [9.17, 15) is 18.8 Å². The van der Waals surface area contributed by atoms with Crippen molar-refractivity contribution in [2.75, 3.05) is 40.3 Å². The summed E-state index contributed by atoms with van der Waals surface area (Å²) < 4.78 is 13.1. The summed E-state index contributed by atoms with van der Waals surface area (Å²) >= 11 is 0. The topological polar surface area (TPSA) is 85.5 Å². The van der Waals surface area contributed by atoms with Gasteiger partial charge < -0.3 is 20.1 Å². The number of fused-ring (bicyclic) bond motifs is 1. The predicted molar refractivity (Wildman–Crippen MR) is 133 cm³/mol. The fraction of sp³-hybridized carbons (Fsp3) is 0.370. The number of ketones is 1. The van der Waals surface area contributed by atoms with Crippen LogP contribution in [-0.4, -0.2) is 72.7 Å². The van der Waals surface area contributed by atoms with E-state index in [4.69, 9.17) is 0 Å². The number of hydrogen-bond acceptors (Lipinski definition) is 4. The van der Waals surface area contributed by atoms with E-state index < -0.39 is 11.7 Å². The largest absolute Gasteiger partial charge is 0.360 e. The second-order valence-corrected chi connectivity index (χ2v) is 9.42. The lowest BCUT2D eigenvalue weighted by molar-refractivity contribution is -0.117. The molecule has 0 radical (unpaired) electrons. The molecule has 2 aromatic carbocycles. The number of nitrogens with zero attached hydrogens (tertiary/aromatic N) is 2. The first kappa shape index (κ1) is 24.6. The number of carbonyl (C=O) groups excluding carboxylic acids is 3. The SMILES string of the molecule is CN(C)CCNC(=O)C(=O)c1ccc2[nH]cc(C(=O)N3CCC(Cc4ccc(F)cc4)CC3)c2c1. The Balaban J connectivity index is 1.40. The summed E-state index contributed by atoms with van der Waals surface area (Å²) in [5, 5.41) is 3.27. The molecule has 0 aliphatic carbocycles. The van der Waals surface area contributed by atoms with Gasteiger partial charge in [0, 0.05) is 48.8 Å². The van der Waals surface area contributed by atoms with Crippen LogP contribution < -0.4 is 5.32 Å². The van der Waals surface area contributed by atoms with Crippen LogP contribution >= 0.6 is 0 Å². The Morgan fingerprint density at radius 1 is 1.09 bits per heavy atom. The quantitative estimate of drug-likeness (QED) is 0.385. The first-order valence-corrected chi connectivity index (χ1v) is 11.9. The number of carbonyl (C=O) groups is 3. The summed E-state index contributed by atoms with van der Waals surface area (Å²) in [5.41, 5.74) is 2.60. The standard InChI is InChI=1S/C27H31FN4O3/c1-31(2)14-11-29-26(34)25(33)20-5-8-24-22(16-20)23(17-30-24)27(35)32-12-9-19(10-13-32)15-18-3-6-21(28)7-4-18/h3-8,16-17,19,30H,9-15H2,1-2H3,(H,29,34). The molecular weight excluding hydrogens is 447 g/mol. The highest BCUT2D eigenvalue weighted by Gasteiger charge is 2.26. The highest BCUT2D eigenvalue weighted by Crippen LogP contribution is 2.26. The number of likely N-dealkylation sites (N-methyl/N-ethyl adjacent to an activating group) is 1. The summed E-state index contributed by atoms with van der Waals surface area (Å²) in [7, 11) is 3.78. The van der Waals surface area contributed by atoms with Crippen LogP contribution in [0, 0.1) is 11.7 Å². The molecule has 2 amide bonds. The van der Waals surface area contributed by atoms with E-state index in [2.05, 4.69) is 10.3 Å². The van der Waals surface area contributed by atoms with Crippen LogP contribution in [0.15, 0.2) is 48.7 Å². The zero-order valence-electron chi connectivity index (χ0n) is 20.1. The van der Waals surface area contributed by atoms with Crippen LogP contribution in [0.1, 0.15) is 39.1 Å². The number of H-pyrrole nitrogens is 1. The number of rotatable bonds is 8. The van der Waals surface area contributed by atoms with Crippen LogP contribution in [0.5, 0.6) is 0 Å². The fourth-order valence-corrected chi connectivity index (χ4v) is 4.51. The van der Waals surface area contributed by atoms with Gasteiger partial charge in [-0.25, -0.2) is 4.39 Å². The van der Waals surface area contributed by atoms with E-state index >= 15 is 0 Å². The van der Waals surface area contributed by atoms with Gasteiger partial charge in [-0.15, -0.1) is 0 Å². The normalized spacial score (nSPS) is 14.5. The average molecular weight is 479 g/mol. The highest BCUT2D eigenvalue weighted by molar-refractivity contribution is 6.43. The Labute approximate surface area is 204 Å². The van der Waals surface area contributed by atoms with Gasteiger partial charge in [0.1, 0.15) is 5.82 Å². The van der Waals surface area contributed by atoms with E-state index in [1.807, 2.05) is 36.0 Å². The van der Waals surface area contributed by atoms with Crippen molar-refractivity contribution >= 4 is 28.5 Å². The van der Waals surface area contributed by atoms with Crippen molar-refractivity contribution in [3.8, 4) is 0 Å². The van der Waals surface area contributed by atoms with Crippen LogP contribution in [0.4, 0.5) is 4.39 Å². The molecule has 0 atom stereocenters. The molecule has 1 aromatic heterocycles. The third-order valence-corrected chi connectivity index (χ3v) is 6.56. The summed E-state index contributed by atoms with van der Waals surface area (Å²) in [4.78, 5) is 45.0. The predicted octanol–water partition coefficient (Wildman–Crippen LogP) is 3.26. The minimum absolute atomic E-state index is 0.0866. The Morgan fingerprint density at radius 2 is 1.80 bits per heavy atom. The summed E-state index contributed by atoms with van der Waals surface area (Å²) in [5.74, 6) is -1.15. The zero-order valence-corrected chi connectivity index (χ0v) is 20.1. The molecule has 4 rings (SSSR count). The van der Waals surface area contributed by atoms with Crippen molar-refractivity contribution in [2.24, 2.45) is 5.92 Å². The molecule has 184 valence electrons. The number of halogens is 1. The molecule has 2 heterocycles. The number of hydrogen-bond donors (Lipinski definition) is 2.